The molecule has 7 heteroatoms. The van der Waals surface area contributed by atoms with E-state index in [2.05, 4.69) is 0 Å². The van der Waals surface area contributed by atoms with Gasteiger partial charge in [0.25, 0.3) is 0 Å². The molecule has 0 aliphatic rings. The van der Waals surface area contributed by atoms with Crippen molar-refractivity contribution in [1.29, 1.82) is 0 Å². The summed E-state index contributed by atoms with van der Waals surface area (Å²) in [6.07, 6.45) is -3.45. The fourth-order valence-corrected chi connectivity index (χ4v) is 2.90. The minimum Gasteiger partial charge on any atom is -0.251 e. The van der Waals surface area contributed by atoms with Gasteiger partial charge in [-0.1, -0.05) is 0 Å². The van der Waals surface area contributed by atoms with Gasteiger partial charge in [-0.05, 0) is 43.5 Å². The number of unbranched alkanes of at least 4 members (excludes halogenated alkanes) is 2. The molecule has 0 aromatic heterocycles. The number of halogens is 4. The molecule has 2 nitrogen and oxygen atoms in total. The molecule has 0 N–H and O–H groups in total. The van der Waals surface area contributed by atoms with Crippen LogP contribution in [0.5, 0.6) is 0 Å². The van der Waals surface area contributed by atoms with Crippen molar-refractivity contribution in [3.05, 3.63) is 29.8 Å². The Morgan fingerprint density at radius 3 is 2.00 bits per heavy atom. The summed E-state index contributed by atoms with van der Waals surface area (Å²) in [6, 6.07) is 3.39. The highest BCUT2D eigenvalue weighted by Gasteiger charge is 2.30. The first-order chi connectivity index (χ1) is 8.77. The maximum absolute atomic E-state index is 12.3. The summed E-state index contributed by atoms with van der Waals surface area (Å²) in [6.45, 7) is -0.500. The summed E-state index contributed by atoms with van der Waals surface area (Å²) >= 11 is 0. The molecular weight excluding hydrogens is 284 g/mol. The van der Waals surface area contributed by atoms with E-state index in [0.29, 0.717) is 19.3 Å². The minimum atomic E-state index is -4.48. The first-order valence-corrected chi connectivity index (χ1v) is 7.38. The summed E-state index contributed by atoms with van der Waals surface area (Å²) < 4.78 is 72.4. The molecule has 0 unspecified atom stereocenters. The van der Waals surface area contributed by atoms with Crippen LogP contribution in [0.2, 0.25) is 0 Å². The molecule has 0 heterocycles. The van der Waals surface area contributed by atoms with Crippen LogP contribution in [-0.4, -0.2) is 20.8 Å². The standard InChI is InChI=1S/C12H14F4O2S/c13-8-2-1-3-9-19(17,18)11-6-4-10(5-7-11)12(14,15)16/h4-7H,1-3,8-9H2. The molecule has 108 valence electrons. The van der Waals surface area contributed by atoms with Crippen molar-refractivity contribution in [3.8, 4) is 0 Å². The van der Waals surface area contributed by atoms with E-state index >= 15 is 0 Å². The fourth-order valence-electron chi connectivity index (χ4n) is 1.53. The minimum absolute atomic E-state index is 0.138. The van der Waals surface area contributed by atoms with Crippen LogP contribution in [-0.2, 0) is 16.0 Å². The average Bonchev–Trinajstić information content (AvgIpc) is 2.34. The normalized spacial score (nSPS) is 12.6. The average molecular weight is 298 g/mol. The zero-order valence-electron chi connectivity index (χ0n) is 10.1. The molecular formula is C12H14F4O2S. The molecule has 0 fully saturated rings. The van der Waals surface area contributed by atoms with Crippen LogP contribution in [0.3, 0.4) is 0 Å². The summed E-state index contributed by atoms with van der Waals surface area (Å²) in [5.41, 5.74) is -0.885. The van der Waals surface area contributed by atoms with Gasteiger partial charge in [0.1, 0.15) is 0 Å². The first-order valence-electron chi connectivity index (χ1n) is 5.73. The van der Waals surface area contributed by atoms with E-state index in [4.69, 9.17) is 0 Å². The summed E-state index contributed by atoms with van der Waals surface area (Å²) in [5.74, 6) is -0.182. The highest BCUT2D eigenvalue weighted by molar-refractivity contribution is 7.91. The van der Waals surface area contributed by atoms with Gasteiger partial charge in [0.15, 0.2) is 9.84 Å². The molecule has 1 rings (SSSR count). The Kier molecular flexibility index (Phi) is 5.34. The molecule has 19 heavy (non-hydrogen) atoms. The van der Waals surface area contributed by atoms with Crippen LogP contribution in [0.25, 0.3) is 0 Å². The molecule has 0 aliphatic heterocycles. The zero-order valence-corrected chi connectivity index (χ0v) is 10.9. The molecule has 0 bridgehead atoms. The third kappa shape index (κ3) is 4.81. The van der Waals surface area contributed by atoms with Crippen LogP contribution >= 0.6 is 0 Å². The van der Waals surface area contributed by atoms with Gasteiger partial charge in [0, 0.05) is 0 Å². The predicted molar refractivity (Wildman–Crippen MR) is 63.3 cm³/mol. The van der Waals surface area contributed by atoms with Gasteiger partial charge in [-0.15, -0.1) is 0 Å². The highest BCUT2D eigenvalue weighted by Crippen LogP contribution is 2.29. The van der Waals surface area contributed by atoms with Crippen LogP contribution in [0, 0.1) is 0 Å². The Balaban J connectivity index is 2.74. The number of rotatable bonds is 6. The lowest BCUT2D eigenvalue weighted by Gasteiger charge is -2.08. The Morgan fingerprint density at radius 2 is 1.53 bits per heavy atom. The van der Waals surface area contributed by atoms with Crippen LogP contribution in [0.1, 0.15) is 24.8 Å². The van der Waals surface area contributed by atoms with Crippen LogP contribution < -0.4 is 0 Å². The van der Waals surface area contributed by atoms with Gasteiger partial charge >= 0.3 is 6.18 Å². The fraction of sp³-hybridized carbons (Fsp3) is 0.500. The van der Waals surface area contributed by atoms with E-state index in [1.807, 2.05) is 0 Å². The quantitative estimate of drug-likeness (QED) is 0.594. The molecule has 0 amide bonds. The molecule has 0 aliphatic carbocycles. The van der Waals surface area contributed by atoms with Gasteiger partial charge in [0.2, 0.25) is 0 Å². The topological polar surface area (TPSA) is 34.1 Å². The lowest BCUT2D eigenvalue weighted by molar-refractivity contribution is -0.137. The Bertz CT molecular complexity index is 491. The lowest BCUT2D eigenvalue weighted by atomic mass is 10.2. The first kappa shape index (κ1) is 15.9. The second-order valence-corrected chi connectivity index (χ2v) is 6.20. The predicted octanol–water partition coefficient (Wildman–Crippen LogP) is 3.62. The van der Waals surface area contributed by atoms with E-state index < -0.39 is 28.3 Å². The van der Waals surface area contributed by atoms with Crippen molar-refractivity contribution in [1.82, 2.24) is 0 Å². The van der Waals surface area contributed by atoms with E-state index in [-0.39, 0.29) is 10.6 Å². The smallest absolute Gasteiger partial charge is 0.251 e. The van der Waals surface area contributed by atoms with Gasteiger partial charge in [-0.2, -0.15) is 13.2 Å². The number of sulfone groups is 1. The molecule has 0 radical (unpaired) electrons. The van der Waals surface area contributed by atoms with E-state index in [1.54, 1.807) is 0 Å². The number of benzene rings is 1. The second kappa shape index (κ2) is 6.36. The van der Waals surface area contributed by atoms with Crippen molar-refractivity contribution < 1.29 is 26.0 Å². The Labute approximate surface area is 109 Å². The van der Waals surface area contributed by atoms with Crippen molar-refractivity contribution in [2.75, 3.05) is 12.4 Å². The second-order valence-electron chi connectivity index (χ2n) is 4.09. The number of alkyl halides is 4. The molecule has 0 atom stereocenters. The summed E-state index contributed by atoms with van der Waals surface area (Å²) in [4.78, 5) is -0.138. The molecule has 0 saturated carbocycles. The molecule has 0 spiro atoms. The number of hydrogen-bond acceptors (Lipinski definition) is 2. The van der Waals surface area contributed by atoms with Crippen molar-refractivity contribution in [2.45, 2.75) is 30.3 Å². The Morgan fingerprint density at radius 1 is 0.947 bits per heavy atom. The van der Waals surface area contributed by atoms with E-state index in [0.717, 1.165) is 24.3 Å². The van der Waals surface area contributed by atoms with Crippen LogP contribution in [0.4, 0.5) is 17.6 Å². The summed E-state index contributed by atoms with van der Waals surface area (Å²) in [7, 11) is -3.59. The van der Waals surface area contributed by atoms with Gasteiger partial charge in [0.05, 0.1) is 22.9 Å². The van der Waals surface area contributed by atoms with Gasteiger partial charge in [-0.3, -0.25) is 4.39 Å². The zero-order chi connectivity index (χ0) is 14.5. The van der Waals surface area contributed by atoms with E-state index in [1.165, 1.54) is 0 Å². The van der Waals surface area contributed by atoms with Gasteiger partial charge < -0.3 is 0 Å². The monoisotopic (exact) mass is 298 g/mol. The number of hydrogen-bond donors (Lipinski definition) is 0. The third-order valence-electron chi connectivity index (χ3n) is 2.59. The maximum atomic E-state index is 12.3. The summed E-state index contributed by atoms with van der Waals surface area (Å²) in [5, 5.41) is 0. The lowest BCUT2D eigenvalue weighted by Crippen LogP contribution is -2.09. The van der Waals surface area contributed by atoms with Crippen molar-refractivity contribution in [2.24, 2.45) is 0 Å². The largest absolute Gasteiger partial charge is 0.416 e. The van der Waals surface area contributed by atoms with Crippen molar-refractivity contribution in [3.63, 3.8) is 0 Å². The molecule has 1 aromatic carbocycles. The van der Waals surface area contributed by atoms with Gasteiger partial charge in [-0.25, -0.2) is 8.42 Å². The van der Waals surface area contributed by atoms with Crippen molar-refractivity contribution >= 4 is 9.84 Å². The van der Waals surface area contributed by atoms with Crippen LogP contribution in [0.15, 0.2) is 29.2 Å². The Hall–Kier alpha value is -1.11. The molecule has 0 saturated heterocycles. The SMILES string of the molecule is O=S(=O)(CCCCCF)c1ccc(C(F)(F)F)cc1. The molecule has 1 aromatic rings. The highest BCUT2D eigenvalue weighted by atomic mass is 32.2. The third-order valence-corrected chi connectivity index (χ3v) is 4.40. The maximum Gasteiger partial charge on any atom is 0.416 e. The van der Waals surface area contributed by atoms with E-state index in [9.17, 15) is 26.0 Å².